The Morgan fingerprint density at radius 1 is 1.38 bits per heavy atom. The van der Waals surface area contributed by atoms with Crippen LogP contribution in [-0.2, 0) is 24.2 Å². The molecule has 0 saturated carbocycles. The molecule has 1 amide bonds. The molecule has 5 nitrogen and oxygen atoms in total. The molecule has 0 unspecified atom stereocenters. The minimum Gasteiger partial charge on any atom is -0.444 e. The van der Waals surface area contributed by atoms with E-state index in [0.717, 1.165) is 17.0 Å². The third kappa shape index (κ3) is 4.01. The number of nitrogens with zero attached hydrogens (tertiary/aromatic N) is 3. The summed E-state index contributed by atoms with van der Waals surface area (Å²) < 4.78 is 21.4. The van der Waals surface area contributed by atoms with E-state index in [1.807, 2.05) is 27.7 Å². The molecule has 0 radical (unpaired) electrons. The van der Waals surface area contributed by atoms with Crippen molar-refractivity contribution in [3.05, 3.63) is 51.6 Å². The van der Waals surface area contributed by atoms with Gasteiger partial charge in [0.15, 0.2) is 0 Å². The van der Waals surface area contributed by atoms with E-state index in [-0.39, 0.29) is 11.9 Å². The van der Waals surface area contributed by atoms with Crippen molar-refractivity contribution in [1.29, 1.82) is 0 Å². The van der Waals surface area contributed by atoms with Crippen molar-refractivity contribution in [2.75, 3.05) is 6.54 Å². The summed E-state index contributed by atoms with van der Waals surface area (Å²) in [6.07, 6.45) is 0.370. The lowest BCUT2D eigenvalue weighted by molar-refractivity contribution is 0.0219. The van der Waals surface area contributed by atoms with Crippen molar-refractivity contribution in [2.45, 2.75) is 52.8 Å². The summed E-state index contributed by atoms with van der Waals surface area (Å²) in [6.45, 7) is 8.76. The highest BCUT2D eigenvalue weighted by molar-refractivity contribution is 6.30. The summed E-state index contributed by atoms with van der Waals surface area (Å²) in [5.41, 5.74) is 2.93. The standard InChI is InChI=1S/C19H23ClFN3O2/c1-12-15-7-8-23(18(25)26-19(2,3)4)11-17(15)24(22-12)10-13-5-6-14(20)9-16(13)21/h5-6,9H,7-8,10-11H2,1-4H3. The molecule has 0 fully saturated rings. The summed E-state index contributed by atoms with van der Waals surface area (Å²) in [7, 11) is 0. The predicted molar refractivity (Wildman–Crippen MR) is 97.8 cm³/mol. The molecule has 1 aliphatic heterocycles. The second-order valence-corrected chi connectivity index (χ2v) is 7.99. The van der Waals surface area contributed by atoms with Crippen LogP contribution in [0, 0.1) is 12.7 Å². The fourth-order valence-corrected chi connectivity index (χ4v) is 3.26. The monoisotopic (exact) mass is 379 g/mol. The van der Waals surface area contributed by atoms with E-state index in [1.165, 1.54) is 6.07 Å². The van der Waals surface area contributed by atoms with Gasteiger partial charge in [0.2, 0.25) is 0 Å². The Labute approximate surface area is 157 Å². The first-order valence-electron chi connectivity index (χ1n) is 8.61. The van der Waals surface area contributed by atoms with E-state index < -0.39 is 5.60 Å². The minimum absolute atomic E-state index is 0.293. The highest BCUT2D eigenvalue weighted by atomic mass is 35.5. The van der Waals surface area contributed by atoms with Crippen LogP contribution < -0.4 is 0 Å². The van der Waals surface area contributed by atoms with Crippen LogP contribution in [-0.4, -0.2) is 32.9 Å². The molecule has 0 atom stereocenters. The first kappa shape index (κ1) is 18.7. The van der Waals surface area contributed by atoms with Gasteiger partial charge in [0, 0.05) is 17.1 Å². The average Bonchev–Trinajstić information content (AvgIpc) is 2.84. The molecule has 1 aromatic carbocycles. The minimum atomic E-state index is -0.542. The molecule has 2 aromatic rings. The second-order valence-electron chi connectivity index (χ2n) is 7.56. The topological polar surface area (TPSA) is 47.4 Å². The van der Waals surface area contributed by atoms with Gasteiger partial charge in [-0.05, 0) is 51.8 Å². The van der Waals surface area contributed by atoms with Crippen molar-refractivity contribution in [1.82, 2.24) is 14.7 Å². The number of aromatic nitrogens is 2. The van der Waals surface area contributed by atoms with Crippen molar-refractivity contribution in [3.63, 3.8) is 0 Å². The second kappa shape index (κ2) is 6.91. The quantitative estimate of drug-likeness (QED) is 0.780. The summed E-state index contributed by atoms with van der Waals surface area (Å²) in [5.74, 6) is -0.362. The van der Waals surface area contributed by atoms with Gasteiger partial charge in [-0.3, -0.25) is 4.68 Å². The Hall–Kier alpha value is -2.08. The van der Waals surface area contributed by atoms with Gasteiger partial charge >= 0.3 is 6.09 Å². The molecular weight excluding hydrogens is 357 g/mol. The first-order valence-corrected chi connectivity index (χ1v) is 8.99. The van der Waals surface area contributed by atoms with E-state index in [2.05, 4.69) is 5.10 Å². The van der Waals surface area contributed by atoms with Crippen LogP contribution >= 0.6 is 11.6 Å². The zero-order chi connectivity index (χ0) is 19.1. The number of carbonyl (C=O) groups is 1. The number of hydrogen-bond donors (Lipinski definition) is 0. The molecule has 0 N–H and O–H groups in total. The zero-order valence-electron chi connectivity index (χ0n) is 15.5. The number of aryl methyl sites for hydroxylation is 1. The maximum atomic E-state index is 14.2. The van der Waals surface area contributed by atoms with Gasteiger partial charge < -0.3 is 9.64 Å². The third-order valence-corrected chi connectivity index (χ3v) is 4.56. The SMILES string of the molecule is Cc1nn(Cc2ccc(Cl)cc2F)c2c1CCN(C(=O)OC(C)(C)C)C2. The van der Waals surface area contributed by atoms with Crippen LogP contribution in [0.4, 0.5) is 9.18 Å². The zero-order valence-corrected chi connectivity index (χ0v) is 16.2. The van der Waals surface area contributed by atoms with Crippen LogP contribution in [0.3, 0.4) is 0 Å². The maximum Gasteiger partial charge on any atom is 0.410 e. The molecule has 3 rings (SSSR count). The summed E-state index contributed by atoms with van der Waals surface area (Å²) in [4.78, 5) is 14.1. The number of benzene rings is 1. The fraction of sp³-hybridized carbons (Fsp3) is 0.474. The Morgan fingerprint density at radius 2 is 2.12 bits per heavy atom. The molecule has 0 aliphatic carbocycles. The lowest BCUT2D eigenvalue weighted by Gasteiger charge is -2.30. The summed E-state index contributed by atoms with van der Waals surface area (Å²) in [5, 5.41) is 4.92. The number of ether oxygens (including phenoxy) is 1. The fourth-order valence-electron chi connectivity index (χ4n) is 3.10. The van der Waals surface area contributed by atoms with Gasteiger partial charge in [-0.25, -0.2) is 9.18 Å². The summed E-state index contributed by atoms with van der Waals surface area (Å²) in [6, 6.07) is 4.62. The van der Waals surface area contributed by atoms with Crippen LogP contribution in [0.15, 0.2) is 18.2 Å². The largest absolute Gasteiger partial charge is 0.444 e. The van der Waals surface area contributed by atoms with Gasteiger partial charge in [-0.15, -0.1) is 0 Å². The van der Waals surface area contributed by atoms with Crippen molar-refractivity contribution in [2.24, 2.45) is 0 Å². The molecule has 2 heterocycles. The molecule has 1 aliphatic rings. The van der Waals surface area contributed by atoms with Gasteiger partial charge in [0.1, 0.15) is 11.4 Å². The number of amides is 1. The van der Waals surface area contributed by atoms with E-state index in [1.54, 1.807) is 21.7 Å². The van der Waals surface area contributed by atoms with Crippen molar-refractivity contribution in [3.8, 4) is 0 Å². The molecule has 26 heavy (non-hydrogen) atoms. The summed E-state index contributed by atoms with van der Waals surface area (Å²) >= 11 is 5.83. The molecular formula is C19H23ClFN3O2. The molecule has 7 heteroatoms. The Bertz CT molecular complexity index is 842. The van der Waals surface area contributed by atoms with E-state index >= 15 is 0 Å². The molecule has 1 aromatic heterocycles. The molecule has 0 spiro atoms. The predicted octanol–water partition coefficient (Wildman–Crippen LogP) is 4.33. The maximum absolute atomic E-state index is 14.2. The van der Waals surface area contributed by atoms with Gasteiger partial charge in [0.25, 0.3) is 0 Å². The van der Waals surface area contributed by atoms with Crippen molar-refractivity contribution >= 4 is 17.7 Å². The molecule has 0 saturated heterocycles. The molecule has 140 valence electrons. The first-order chi connectivity index (χ1) is 12.1. The normalized spacial score (nSPS) is 14.3. The Balaban J connectivity index is 1.84. The van der Waals surface area contributed by atoms with Gasteiger partial charge in [-0.1, -0.05) is 17.7 Å². The number of halogens is 2. The number of hydrogen-bond acceptors (Lipinski definition) is 3. The van der Waals surface area contributed by atoms with E-state index in [0.29, 0.717) is 36.6 Å². The van der Waals surface area contributed by atoms with Crippen LogP contribution in [0.25, 0.3) is 0 Å². The smallest absolute Gasteiger partial charge is 0.410 e. The molecule has 0 bridgehead atoms. The van der Waals surface area contributed by atoms with Crippen LogP contribution in [0.2, 0.25) is 5.02 Å². The average molecular weight is 380 g/mol. The Kier molecular flexibility index (Phi) is 4.97. The lowest BCUT2D eigenvalue weighted by Crippen LogP contribution is -2.40. The number of fused-ring (bicyclic) bond motifs is 1. The highest BCUT2D eigenvalue weighted by Gasteiger charge is 2.29. The van der Waals surface area contributed by atoms with E-state index in [9.17, 15) is 9.18 Å². The van der Waals surface area contributed by atoms with Crippen molar-refractivity contribution < 1.29 is 13.9 Å². The Morgan fingerprint density at radius 3 is 2.77 bits per heavy atom. The van der Waals surface area contributed by atoms with Gasteiger partial charge in [0.05, 0.1) is 24.5 Å². The third-order valence-electron chi connectivity index (χ3n) is 4.33. The van der Waals surface area contributed by atoms with Crippen LogP contribution in [0.1, 0.15) is 43.3 Å². The highest BCUT2D eigenvalue weighted by Crippen LogP contribution is 2.25. The number of rotatable bonds is 2. The van der Waals surface area contributed by atoms with E-state index in [4.69, 9.17) is 16.3 Å². The number of carbonyl (C=O) groups excluding carboxylic acids is 1. The van der Waals surface area contributed by atoms with Gasteiger partial charge in [-0.2, -0.15) is 5.10 Å². The lowest BCUT2D eigenvalue weighted by atomic mass is 10.0. The van der Waals surface area contributed by atoms with Crippen LogP contribution in [0.5, 0.6) is 0 Å².